The molecule has 0 saturated carbocycles. The van der Waals surface area contributed by atoms with E-state index in [0.29, 0.717) is 6.54 Å². The Hall–Kier alpha value is -1.58. The van der Waals surface area contributed by atoms with Crippen molar-refractivity contribution in [1.29, 1.82) is 0 Å². The van der Waals surface area contributed by atoms with Crippen LogP contribution >= 0.6 is 0 Å². The summed E-state index contributed by atoms with van der Waals surface area (Å²) in [6.07, 6.45) is 4.68. The fraction of sp³-hybridized carbons (Fsp3) is 0.455. The molecule has 4 nitrogen and oxygen atoms in total. The van der Waals surface area contributed by atoms with Crippen molar-refractivity contribution in [3.8, 4) is 0 Å². The molecule has 0 aliphatic heterocycles. The van der Waals surface area contributed by atoms with Crippen molar-refractivity contribution in [3.63, 3.8) is 0 Å². The minimum atomic E-state index is 0.665. The molecule has 0 radical (unpaired) electrons. The molecule has 0 unspecified atom stereocenters. The minimum absolute atomic E-state index is 0.665. The van der Waals surface area contributed by atoms with Crippen LogP contribution in [0.4, 0.5) is 0 Å². The zero-order valence-electron chi connectivity index (χ0n) is 9.32. The van der Waals surface area contributed by atoms with Crippen molar-refractivity contribution in [2.75, 3.05) is 0 Å². The molecule has 80 valence electrons. The Bertz CT molecular complexity index is 437. The van der Waals surface area contributed by atoms with Crippen LogP contribution < -0.4 is 0 Å². The molecular formula is C11H15N3O. The summed E-state index contributed by atoms with van der Waals surface area (Å²) in [7, 11) is 0. The molecule has 0 N–H and O–H groups in total. The molecule has 0 aliphatic rings. The van der Waals surface area contributed by atoms with E-state index in [4.69, 9.17) is 4.42 Å². The second kappa shape index (κ2) is 3.88. The van der Waals surface area contributed by atoms with Crippen LogP contribution in [0.5, 0.6) is 0 Å². The highest BCUT2D eigenvalue weighted by Crippen LogP contribution is 2.10. The van der Waals surface area contributed by atoms with Gasteiger partial charge in [-0.3, -0.25) is 0 Å². The van der Waals surface area contributed by atoms with Gasteiger partial charge in [0.2, 0.25) is 5.89 Å². The Morgan fingerprint density at radius 1 is 1.40 bits per heavy atom. The van der Waals surface area contributed by atoms with Gasteiger partial charge in [0.1, 0.15) is 18.1 Å². The second-order valence-corrected chi connectivity index (χ2v) is 3.57. The van der Waals surface area contributed by atoms with Crippen LogP contribution in [0.15, 0.2) is 16.8 Å². The van der Waals surface area contributed by atoms with Crippen molar-refractivity contribution < 1.29 is 4.42 Å². The zero-order chi connectivity index (χ0) is 10.8. The lowest BCUT2D eigenvalue weighted by Crippen LogP contribution is -2.03. The third-order valence-corrected chi connectivity index (χ3v) is 2.50. The smallest absolute Gasteiger partial charge is 0.214 e. The molecular weight excluding hydrogens is 190 g/mol. The summed E-state index contributed by atoms with van der Waals surface area (Å²) in [4.78, 5) is 8.60. The second-order valence-electron chi connectivity index (χ2n) is 3.57. The predicted molar refractivity (Wildman–Crippen MR) is 56.7 cm³/mol. The third-order valence-electron chi connectivity index (χ3n) is 2.50. The molecule has 0 amide bonds. The summed E-state index contributed by atoms with van der Waals surface area (Å²) in [6.45, 7) is 6.64. The Morgan fingerprint density at radius 3 is 2.80 bits per heavy atom. The van der Waals surface area contributed by atoms with Crippen molar-refractivity contribution in [3.05, 3.63) is 35.6 Å². The van der Waals surface area contributed by atoms with Crippen LogP contribution in [0.25, 0.3) is 0 Å². The van der Waals surface area contributed by atoms with Gasteiger partial charge < -0.3 is 8.98 Å². The number of hydrogen-bond donors (Lipinski definition) is 0. The molecule has 15 heavy (non-hydrogen) atoms. The van der Waals surface area contributed by atoms with Gasteiger partial charge >= 0.3 is 0 Å². The van der Waals surface area contributed by atoms with E-state index in [1.54, 1.807) is 0 Å². The Kier molecular flexibility index (Phi) is 2.58. The van der Waals surface area contributed by atoms with Gasteiger partial charge in [0.25, 0.3) is 0 Å². The fourth-order valence-corrected chi connectivity index (χ4v) is 1.55. The van der Waals surface area contributed by atoms with Crippen LogP contribution in [0.1, 0.15) is 30.1 Å². The van der Waals surface area contributed by atoms with E-state index in [0.717, 1.165) is 29.6 Å². The predicted octanol–water partition coefficient (Wildman–Crippen LogP) is 2.10. The van der Waals surface area contributed by atoms with Crippen molar-refractivity contribution in [2.24, 2.45) is 0 Å². The molecule has 0 bridgehead atoms. The first-order valence-electron chi connectivity index (χ1n) is 5.13. The summed E-state index contributed by atoms with van der Waals surface area (Å²) in [6, 6.07) is 0. The summed E-state index contributed by atoms with van der Waals surface area (Å²) >= 11 is 0. The van der Waals surface area contributed by atoms with E-state index in [9.17, 15) is 0 Å². The van der Waals surface area contributed by atoms with Gasteiger partial charge in [-0.2, -0.15) is 0 Å². The molecule has 0 aromatic carbocycles. The lowest BCUT2D eigenvalue weighted by atomic mass is 10.4. The molecule has 0 fully saturated rings. The number of oxazole rings is 1. The monoisotopic (exact) mass is 205 g/mol. The van der Waals surface area contributed by atoms with E-state index < -0.39 is 0 Å². The third kappa shape index (κ3) is 1.93. The van der Waals surface area contributed by atoms with E-state index in [2.05, 4.69) is 21.5 Å². The lowest BCUT2D eigenvalue weighted by molar-refractivity contribution is 0.453. The molecule has 0 saturated heterocycles. The van der Waals surface area contributed by atoms with Crippen molar-refractivity contribution in [2.45, 2.75) is 33.7 Å². The fourth-order valence-electron chi connectivity index (χ4n) is 1.55. The van der Waals surface area contributed by atoms with Crippen LogP contribution in [0, 0.1) is 13.8 Å². The van der Waals surface area contributed by atoms with Crippen molar-refractivity contribution >= 4 is 0 Å². The van der Waals surface area contributed by atoms with Crippen LogP contribution in [0.2, 0.25) is 0 Å². The normalized spacial score (nSPS) is 10.9. The highest BCUT2D eigenvalue weighted by molar-refractivity contribution is 5.06. The summed E-state index contributed by atoms with van der Waals surface area (Å²) in [5.41, 5.74) is 0.961. The average molecular weight is 205 g/mol. The molecule has 2 rings (SSSR count). The van der Waals surface area contributed by atoms with E-state index >= 15 is 0 Å². The summed E-state index contributed by atoms with van der Waals surface area (Å²) in [5, 5.41) is 0. The van der Waals surface area contributed by atoms with Gasteiger partial charge in [0.15, 0.2) is 0 Å². The number of aromatic nitrogens is 3. The van der Waals surface area contributed by atoms with Gasteiger partial charge in [0.05, 0.1) is 5.69 Å². The van der Waals surface area contributed by atoms with Crippen LogP contribution in [0.3, 0.4) is 0 Å². The first-order chi connectivity index (χ1) is 7.20. The summed E-state index contributed by atoms with van der Waals surface area (Å²) in [5.74, 6) is 2.70. The molecule has 0 spiro atoms. The first-order valence-corrected chi connectivity index (χ1v) is 5.13. The molecule has 4 heteroatoms. The van der Waals surface area contributed by atoms with Gasteiger partial charge in [0, 0.05) is 18.8 Å². The number of hydrogen-bond acceptors (Lipinski definition) is 3. The Balaban J connectivity index is 2.21. The van der Waals surface area contributed by atoms with Crippen LogP contribution in [-0.4, -0.2) is 14.5 Å². The minimum Gasteiger partial charge on any atom is -0.444 e. The van der Waals surface area contributed by atoms with E-state index in [1.165, 1.54) is 0 Å². The standard InChI is InChI=1S/C11H15N3O/c1-4-10-12-5-6-14(10)7-11-13-8(2)9(3)15-11/h5-6H,4,7H2,1-3H3. The topological polar surface area (TPSA) is 43.9 Å². The molecule has 0 aliphatic carbocycles. The largest absolute Gasteiger partial charge is 0.444 e. The van der Waals surface area contributed by atoms with Gasteiger partial charge in [-0.1, -0.05) is 6.92 Å². The maximum Gasteiger partial charge on any atom is 0.214 e. The quantitative estimate of drug-likeness (QED) is 0.770. The number of rotatable bonds is 3. The SMILES string of the molecule is CCc1nccn1Cc1nc(C)c(C)o1. The maximum atomic E-state index is 5.53. The van der Waals surface area contributed by atoms with E-state index in [1.807, 2.05) is 26.2 Å². The van der Waals surface area contributed by atoms with Gasteiger partial charge in [-0.15, -0.1) is 0 Å². The summed E-state index contributed by atoms with van der Waals surface area (Å²) < 4.78 is 7.59. The average Bonchev–Trinajstić information content (AvgIpc) is 2.75. The zero-order valence-corrected chi connectivity index (χ0v) is 9.32. The number of nitrogens with zero attached hydrogens (tertiary/aromatic N) is 3. The molecule has 0 atom stereocenters. The van der Waals surface area contributed by atoms with Gasteiger partial charge in [-0.05, 0) is 13.8 Å². The van der Waals surface area contributed by atoms with E-state index in [-0.39, 0.29) is 0 Å². The maximum absolute atomic E-state index is 5.53. The Morgan fingerprint density at radius 2 is 2.20 bits per heavy atom. The first kappa shape index (κ1) is 9.96. The molecule has 2 aromatic heterocycles. The van der Waals surface area contributed by atoms with Crippen LogP contribution in [-0.2, 0) is 13.0 Å². The molecule has 2 aromatic rings. The highest BCUT2D eigenvalue weighted by atomic mass is 16.4. The lowest BCUT2D eigenvalue weighted by Gasteiger charge is -2.02. The Labute approximate surface area is 89.0 Å². The highest BCUT2D eigenvalue weighted by Gasteiger charge is 2.07. The number of imidazole rings is 1. The van der Waals surface area contributed by atoms with Crippen molar-refractivity contribution in [1.82, 2.24) is 14.5 Å². The molecule has 2 heterocycles. The van der Waals surface area contributed by atoms with Gasteiger partial charge in [-0.25, -0.2) is 9.97 Å². The number of aryl methyl sites for hydroxylation is 3.